The zero-order chi connectivity index (χ0) is 37.8. The zero-order valence-corrected chi connectivity index (χ0v) is 31.0. The number of primary amides is 1. The van der Waals surface area contributed by atoms with Gasteiger partial charge in [0, 0.05) is 37.2 Å². The Labute approximate surface area is 302 Å². The van der Waals surface area contributed by atoms with Crippen LogP contribution < -0.4 is 11.1 Å². The maximum atomic E-state index is 14.6. The number of Topliss-reactive ketones (excluding diaryl/α,β-unsaturated/α-hetero) is 1. The maximum Gasteiger partial charge on any atom is 0.287 e. The number of carbonyl (C=O) groups is 5. The van der Waals surface area contributed by atoms with Gasteiger partial charge in [0.1, 0.15) is 17.3 Å². The molecule has 16 nitrogen and oxygen atoms in total. The van der Waals surface area contributed by atoms with Crippen molar-refractivity contribution >= 4 is 54.8 Å². The van der Waals surface area contributed by atoms with Crippen LogP contribution in [0.2, 0.25) is 0 Å². The molecule has 3 fully saturated rings. The van der Waals surface area contributed by atoms with Crippen LogP contribution in [0.3, 0.4) is 0 Å². The molecule has 0 spiro atoms. The molecule has 3 N–H and O–H groups in total. The van der Waals surface area contributed by atoms with E-state index in [1.54, 1.807) is 0 Å². The Hall–Kier alpha value is -4.32. The van der Waals surface area contributed by atoms with E-state index in [-0.39, 0.29) is 65.8 Å². The molecule has 0 radical (unpaired) electrons. The first-order chi connectivity index (χ1) is 24.5. The van der Waals surface area contributed by atoms with Gasteiger partial charge in [0.05, 0.1) is 22.4 Å². The molecule has 1 aromatic heterocycles. The number of nitrogens with two attached hydrogens (primary N) is 1. The van der Waals surface area contributed by atoms with Crippen LogP contribution in [-0.2, 0) is 44.6 Å². The predicted molar refractivity (Wildman–Crippen MR) is 188 cm³/mol. The Morgan fingerprint density at radius 2 is 1.58 bits per heavy atom. The molecule has 0 unspecified atom stereocenters. The number of likely N-dealkylation sites (tertiary alicyclic amines) is 1. The number of nitrogens with zero attached hydrogens (tertiary/aromatic N) is 5. The zero-order valence-electron chi connectivity index (χ0n) is 29.3. The monoisotopic (exact) mass is 759 g/mol. The van der Waals surface area contributed by atoms with Gasteiger partial charge in [0.15, 0.2) is 19.7 Å². The molecule has 1 aromatic carbocycles. The Morgan fingerprint density at radius 3 is 2.17 bits per heavy atom. The molecule has 3 aliphatic rings. The smallest absolute Gasteiger partial charge is 0.287 e. The van der Waals surface area contributed by atoms with Crippen LogP contribution in [0.5, 0.6) is 0 Å². The number of rotatable bonds is 12. The number of hydrogen-bond donors (Lipinski definition) is 2. The highest BCUT2D eigenvalue weighted by atomic mass is 32.2. The van der Waals surface area contributed by atoms with E-state index in [4.69, 9.17) is 5.73 Å². The topological polar surface area (TPSA) is 238 Å². The van der Waals surface area contributed by atoms with Crippen molar-refractivity contribution in [1.82, 2.24) is 25.2 Å². The molecular formula is C34H45N7O9S2. The fraction of sp³-hybridized carbons (Fsp3) is 0.588. The second-order valence-corrected chi connectivity index (χ2v) is 18.5. The van der Waals surface area contributed by atoms with Gasteiger partial charge in [-0.2, -0.15) is 0 Å². The molecule has 2 heterocycles. The van der Waals surface area contributed by atoms with Gasteiger partial charge in [0.25, 0.3) is 17.7 Å². The molecule has 2 saturated carbocycles. The largest absolute Gasteiger partial charge is 0.363 e. The highest BCUT2D eigenvalue weighted by molar-refractivity contribution is 7.90. The Kier molecular flexibility index (Phi) is 11.8. The van der Waals surface area contributed by atoms with Crippen LogP contribution >= 0.6 is 0 Å². The molecule has 2 aliphatic carbocycles. The highest BCUT2D eigenvalue weighted by Crippen LogP contribution is 2.34. The van der Waals surface area contributed by atoms with Gasteiger partial charge < -0.3 is 16.0 Å². The third kappa shape index (κ3) is 9.36. The van der Waals surface area contributed by atoms with Gasteiger partial charge in [-0.25, -0.2) is 26.5 Å². The van der Waals surface area contributed by atoms with Gasteiger partial charge >= 0.3 is 0 Å². The highest BCUT2D eigenvalue weighted by Gasteiger charge is 2.48. The van der Waals surface area contributed by atoms with E-state index < -0.39 is 66.7 Å². The first kappa shape index (κ1) is 38.9. The maximum absolute atomic E-state index is 14.6. The summed E-state index contributed by atoms with van der Waals surface area (Å²) in [4.78, 5) is 73.1. The van der Waals surface area contributed by atoms with Crippen LogP contribution in [0.25, 0.3) is 0 Å². The van der Waals surface area contributed by atoms with Gasteiger partial charge in [-0.05, 0) is 49.4 Å². The first-order valence-corrected chi connectivity index (χ1v) is 21.4. The van der Waals surface area contributed by atoms with E-state index in [0.717, 1.165) is 51.0 Å². The summed E-state index contributed by atoms with van der Waals surface area (Å²) < 4.78 is 49.2. The molecule has 0 bridgehead atoms. The summed E-state index contributed by atoms with van der Waals surface area (Å²) in [6.07, 6.45) is 10.6. The molecule has 282 valence electrons. The molecule has 2 aromatic rings. The number of amides is 4. The Balaban J connectivity index is 1.51. The molecule has 1 saturated heterocycles. The number of hydrogen-bond acceptors (Lipinski definition) is 11. The predicted octanol–water partition coefficient (Wildman–Crippen LogP) is 1.49. The van der Waals surface area contributed by atoms with Gasteiger partial charge in [0.2, 0.25) is 11.7 Å². The van der Waals surface area contributed by atoms with E-state index in [1.165, 1.54) is 40.0 Å². The quantitative estimate of drug-likeness (QED) is 0.232. The fourth-order valence-corrected chi connectivity index (χ4v) is 8.77. The number of ketones is 1. The van der Waals surface area contributed by atoms with Crippen molar-refractivity contribution in [2.45, 2.75) is 105 Å². The molecule has 1 aliphatic heterocycles. The summed E-state index contributed by atoms with van der Waals surface area (Å²) in [7, 11) is -6.96. The second kappa shape index (κ2) is 15.7. The first-order valence-electron chi connectivity index (χ1n) is 17.4. The lowest BCUT2D eigenvalue weighted by Crippen LogP contribution is -2.62. The summed E-state index contributed by atoms with van der Waals surface area (Å²) in [6, 6.07) is 3.38. The third-order valence-corrected chi connectivity index (χ3v) is 12.1. The van der Waals surface area contributed by atoms with Crippen molar-refractivity contribution in [2.24, 2.45) is 16.6 Å². The lowest BCUT2D eigenvalue weighted by molar-refractivity contribution is -0.144. The van der Waals surface area contributed by atoms with E-state index in [2.05, 4.69) is 20.6 Å². The van der Waals surface area contributed by atoms with Gasteiger partial charge in [-0.1, -0.05) is 56.6 Å². The summed E-state index contributed by atoms with van der Waals surface area (Å²) in [5, 5.41) is 10.8. The van der Waals surface area contributed by atoms with Crippen LogP contribution in [-0.4, -0.2) is 102 Å². The lowest BCUT2D eigenvalue weighted by Gasteiger charge is -2.37. The van der Waals surface area contributed by atoms with Crippen LogP contribution in [0, 0.1) is 5.92 Å². The second-order valence-electron chi connectivity index (χ2n) is 14.3. The van der Waals surface area contributed by atoms with E-state index in [9.17, 15) is 40.8 Å². The lowest BCUT2D eigenvalue weighted by atomic mass is 9.78. The number of aromatic nitrogens is 3. The molecule has 4 amide bonds. The Morgan fingerprint density at radius 1 is 0.942 bits per heavy atom. The molecule has 5 rings (SSSR count). The van der Waals surface area contributed by atoms with Gasteiger partial charge in [-0.15, -0.1) is 5.10 Å². The van der Waals surface area contributed by atoms with E-state index in [1.807, 2.05) is 0 Å². The molecule has 18 heteroatoms. The minimum atomic E-state index is -3.52. The molecular weight excluding hydrogens is 715 g/mol. The summed E-state index contributed by atoms with van der Waals surface area (Å²) in [5.74, 6) is -4.53. The minimum Gasteiger partial charge on any atom is -0.363 e. The van der Waals surface area contributed by atoms with Crippen molar-refractivity contribution in [1.29, 1.82) is 0 Å². The average Bonchev–Trinajstić information content (AvgIpc) is 3.75. The van der Waals surface area contributed by atoms with Gasteiger partial charge in [-0.3, -0.25) is 24.0 Å². The summed E-state index contributed by atoms with van der Waals surface area (Å²) >= 11 is 0. The number of aliphatic imine (C=N–C) groups is 1. The van der Waals surface area contributed by atoms with Crippen LogP contribution in [0.1, 0.15) is 99.1 Å². The van der Waals surface area contributed by atoms with E-state index >= 15 is 0 Å². The number of benzene rings is 1. The third-order valence-electron chi connectivity index (χ3n) is 10.1. The van der Waals surface area contributed by atoms with E-state index in [0.29, 0.717) is 12.8 Å². The molecule has 2 atom stereocenters. The number of sulfone groups is 2. The summed E-state index contributed by atoms with van der Waals surface area (Å²) in [6.45, 7) is -0.0870. The van der Waals surface area contributed by atoms with Crippen molar-refractivity contribution in [2.75, 3.05) is 19.1 Å². The van der Waals surface area contributed by atoms with Crippen molar-refractivity contribution in [3.8, 4) is 0 Å². The molecule has 52 heavy (non-hydrogen) atoms. The van der Waals surface area contributed by atoms with Crippen molar-refractivity contribution < 1.29 is 40.8 Å². The fourth-order valence-electron chi connectivity index (χ4n) is 7.47. The normalized spacial score (nSPS) is 21.4. The van der Waals surface area contributed by atoms with Crippen molar-refractivity contribution in [3.63, 3.8) is 0 Å². The number of nitrogens with one attached hydrogen (secondary N) is 1. The Bertz CT molecular complexity index is 1960. The SMILES string of the molecule is CS(=O)(=O)Cc1cn([C@H]2C[C@@H](C(=O)NC3(C(=O)C(N)=O)CCCCC3)N(C(=O)C(CC3CCCCC3)=NC(=O)c3ccc(S(C)(=O)=O)cc3)C2)nn1. The van der Waals surface area contributed by atoms with Crippen LogP contribution in [0.15, 0.2) is 40.4 Å². The van der Waals surface area contributed by atoms with Crippen LogP contribution in [0.4, 0.5) is 0 Å². The average molecular weight is 760 g/mol. The minimum absolute atomic E-state index is 0.00228. The summed E-state index contributed by atoms with van der Waals surface area (Å²) in [5.41, 5.74) is 4.05. The number of carbonyl (C=O) groups excluding carboxylic acids is 5. The van der Waals surface area contributed by atoms with Crippen molar-refractivity contribution in [3.05, 3.63) is 41.7 Å². The standard InChI is InChI=1S/C34H45N7O9S2/c1-51(47,48)21-24-19-41(39-38-24)25-18-28(32(45)37-34(29(42)30(35)43)15-7-4-8-16-34)40(20-25)33(46)27(17-22-9-5-3-6-10-22)36-31(44)23-11-13-26(14-12-23)52(2,49)50/h11-14,19,22,25,28H,3-10,15-18,20-21H2,1-2H3,(H2,35,43)(H,37,45)/t25-,28-/m0/s1.